The second-order valence-electron chi connectivity index (χ2n) is 5.46. The molecule has 3 atom stereocenters. The first-order valence-corrected chi connectivity index (χ1v) is 6.45. The van der Waals surface area contributed by atoms with E-state index in [4.69, 9.17) is 0 Å². The van der Waals surface area contributed by atoms with Gasteiger partial charge >= 0.3 is 0 Å². The largest absolute Gasteiger partial charge is 0.326 e. The van der Waals surface area contributed by atoms with Gasteiger partial charge in [0.2, 0.25) is 0 Å². The van der Waals surface area contributed by atoms with E-state index < -0.39 is 0 Å². The number of quaternary nitrogens is 1. The van der Waals surface area contributed by atoms with Crippen LogP contribution in [0.15, 0.2) is 0 Å². The van der Waals surface area contributed by atoms with Crippen molar-refractivity contribution in [1.82, 2.24) is 0 Å². The van der Waals surface area contributed by atoms with Gasteiger partial charge in [-0.25, -0.2) is 0 Å². The SMILES string of the molecule is CCC1CCC[N+](C)(CC)CCC1C. The molecule has 1 rings (SSSR count). The molecule has 84 valence electrons. The Morgan fingerprint density at radius 3 is 2.43 bits per heavy atom. The minimum absolute atomic E-state index is 0.948. The molecule has 1 aliphatic heterocycles. The molecule has 0 aromatic heterocycles. The van der Waals surface area contributed by atoms with Crippen molar-refractivity contribution >= 4 is 0 Å². The van der Waals surface area contributed by atoms with Crippen molar-refractivity contribution < 1.29 is 4.48 Å². The summed E-state index contributed by atoms with van der Waals surface area (Å²) < 4.78 is 1.31. The van der Waals surface area contributed by atoms with Crippen molar-refractivity contribution in [3.8, 4) is 0 Å². The second kappa shape index (κ2) is 5.16. The molecule has 0 radical (unpaired) electrons. The molecule has 1 nitrogen and oxygen atoms in total. The first kappa shape index (κ1) is 12.0. The Morgan fingerprint density at radius 2 is 1.86 bits per heavy atom. The maximum absolute atomic E-state index is 2.46. The van der Waals surface area contributed by atoms with E-state index in [1.54, 1.807) is 0 Å². The molecule has 0 N–H and O–H groups in total. The van der Waals surface area contributed by atoms with Crippen molar-refractivity contribution in [2.45, 2.75) is 46.5 Å². The van der Waals surface area contributed by atoms with E-state index in [9.17, 15) is 0 Å². The van der Waals surface area contributed by atoms with Gasteiger partial charge in [-0.2, -0.15) is 0 Å². The van der Waals surface area contributed by atoms with Crippen LogP contribution in [0.5, 0.6) is 0 Å². The smallest absolute Gasteiger partial charge is 0.0787 e. The summed E-state index contributed by atoms with van der Waals surface area (Å²) in [7, 11) is 2.43. The second-order valence-corrected chi connectivity index (χ2v) is 5.46. The molecule has 0 spiro atoms. The summed E-state index contributed by atoms with van der Waals surface area (Å²) in [6.07, 6.45) is 5.72. The van der Waals surface area contributed by atoms with E-state index in [1.807, 2.05) is 0 Å². The predicted molar refractivity (Wildman–Crippen MR) is 63.3 cm³/mol. The van der Waals surface area contributed by atoms with Crippen LogP contribution in [-0.2, 0) is 0 Å². The molecule has 0 aromatic rings. The number of hydrogen-bond acceptors (Lipinski definition) is 0. The Bertz CT molecular complexity index is 167. The van der Waals surface area contributed by atoms with Crippen molar-refractivity contribution in [1.29, 1.82) is 0 Å². The molecule has 0 aliphatic carbocycles. The van der Waals surface area contributed by atoms with Gasteiger partial charge in [-0.1, -0.05) is 20.3 Å². The molecule has 1 aliphatic rings. The van der Waals surface area contributed by atoms with Crippen LogP contribution in [-0.4, -0.2) is 31.2 Å². The Balaban J connectivity index is 2.52. The lowest BCUT2D eigenvalue weighted by atomic mass is 9.84. The summed E-state index contributed by atoms with van der Waals surface area (Å²) in [4.78, 5) is 0. The van der Waals surface area contributed by atoms with Gasteiger partial charge in [0.25, 0.3) is 0 Å². The van der Waals surface area contributed by atoms with Crippen LogP contribution < -0.4 is 0 Å². The lowest BCUT2D eigenvalue weighted by Crippen LogP contribution is -2.47. The van der Waals surface area contributed by atoms with Crippen LogP contribution in [0.3, 0.4) is 0 Å². The van der Waals surface area contributed by atoms with Crippen molar-refractivity contribution in [3.05, 3.63) is 0 Å². The maximum atomic E-state index is 2.46. The van der Waals surface area contributed by atoms with E-state index in [1.165, 1.54) is 49.8 Å². The zero-order valence-corrected chi connectivity index (χ0v) is 10.6. The lowest BCUT2D eigenvalue weighted by Gasteiger charge is -2.38. The van der Waals surface area contributed by atoms with Crippen LogP contribution in [0.2, 0.25) is 0 Å². The Labute approximate surface area is 90.1 Å². The fraction of sp³-hybridized carbons (Fsp3) is 1.00. The minimum Gasteiger partial charge on any atom is -0.326 e. The summed E-state index contributed by atoms with van der Waals surface area (Å²) in [6.45, 7) is 11.3. The topological polar surface area (TPSA) is 0 Å². The molecular formula is C13H28N+. The number of nitrogens with zero attached hydrogens (tertiary/aromatic N) is 1. The highest BCUT2D eigenvalue weighted by molar-refractivity contribution is 4.67. The summed E-state index contributed by atoms with van der Waals surface area (Å²) >= 11 is 0. The summed E-state index contributed by atoms with van der Waals surface area (Å²) in [5.41, 5.74) is 0. The molecule has 1 fully saturated rings. The third kappa shape index (κ3) is 2.98. The highest BCUT2D eigenvalue weighted by Crippen LogP contribution is 2.28. The van der Waals surface area contributed by atoms with E-state index in [0.29, 0.717) is 0 Å². The van der Waals surface area contributed by atoms with Crippen LogP contribution in [0.1, 0.15) is 46.5 Å². The Hall–Kier alpha value is -0.0400. The molecule has 0 saturated carbocycles. The predicted octanol–water partition coefficient (Wildman–Crippen LogP) is 3.30. The van der Waals surface area contributed by atoms with Crippen molar-refractivity contribution in [2.75, 3.05) is 26.7 Å². The molecule has 3 unspecified atom stereocenters. The zero-order valence-electron chi connectivity index (χ0n) is 10.6. The standard InChI is InChI=1S/C13H28N/c1-5-13-8-7-10-14(4,6-2)11-9-12(13)3/h12-13H,5-11H2,1-4H3/q+1. The average molecular weight is 198 g/mol. The Morgan fingerprint density at radius 1 is 1.14 bits per heavy atom. The van der Waals surface area contributed by atoms with Crippen molar-refractivity contribution in [2.24, 2.45) is 11.8 Å². The van der Waals surface area contributed by atoms with Crippen molar-refractivity contribution in [3.63, 3.8) is 0 Å². The van der Waals surface area contributed by atoms with Gasteiger partial charge in [0.1, 0.15) is 0 Å². The van der Waals surface area contributed by atoms with Crippen LogP contribution in [0.25, 0.3) is 0 Å². The number of likely N-dealkylation sites (tertiary alicyclic amines) is 1. The summed E-state index contributed by atoms with van der Waals surface area (Å²) in [5.74, 6) is 1.95. The number of hydrogen-bond donors (Lipinski definition) is 0. The fourth-order valence-electron chi connectivity index (χ4n) is 2.81. The zero-order chi connectivity index (χ0) is 10.6. The first-order valence-electron chi connectivity index (χ1n) is 6.45. The highest BCUT2D eigenvalue weighted by atomic mass is 15.3. The van der Waals surface area contributed by atoms with Crippen LogP contribution in [0, 0.1) is 11.8 Å². The molecule has 0 bridgehead atoms. The maximum Gasteiger partial charge on any atom is 0.0787 e. The molecule has 0 aromatic carbocycles. The molecule has 1 heterocycles. The third-order valence-corrected chi connectivity index (χ3v) is 4.49. The highest BCUT2D eigenvalue weighted by Gasteiger charge is 2.26. The monoisotopic (exact) mass is 198 g/mol. The van der Waals surface area contributed by atoms with Gasteiger partial charge in [-0.15, -0.1) is 0 Å². The van der Waals surface area contributed by atoms with Crippen LogP contribution >= 0.6 is 0 Å². The third-order valence-electron chi connectivity index (χ3n) is 4.49. The van der Waals surface area contributed by atoms with E-state index in [-0.39, 0.29) is 0 Å². The van der Waals surface area contributed by atoms with Gasteiger partial charge < -0.3 is 4.48 Å². The minimum atomic E-state index is 0.948. The fourth-order valence-corrected chi connectivity index (χ4v) is 2.81. The van der Waals surface area contributed by atoms with E-state index >= 15 is 0 Å². The van der Waals surface area contributed by atoms with E-state index in [0.717, 1.165) is 11.8 Å². The molecule has 0 amide bonds. The van der Waals surface area contributed by atoms with Gasteiger partial charge in [0.05, 0.1) is 26.7 Å². The molecule has 1 heteroatoms. The normalized spacial score (nSPS) is 40.3. The first-order chi connectivity index (χ1) is 6.61. The van der Waals surface area contributed by atoms with Gasteiger partial charge in [0, 0.05) is 0 Å². The average Bonchev–Trinajstić information content (AvgIpc) is 2.19. The number of rotatable bonds is 2. The van der Waals surface area contributed by atoms with E-state index in [2.05, 4.69) is 27.8 Å². The summed E-state index contributed by atoms with van der Waals surface area (Å²) in [6, 6.07) is 0. The quantitative estimate of drug-likeness (QED) is 0.597. The lowest BCUT2D eigenvalue weighted by molar-refractivity contribution is -0.909. The molecule has 1 saturated heterocycles. The molecular weight excluding hydrogens is 170 g/mol. The van der Waals surface area contributed by atoms with Gasteiger partial charge in [-0.3, -0.25) is 0 Å². The van der Waals surface area contributed by atoms with Gasteiger partial charge in [0.15, 0.2) is 0 Å². The molecule has 14 heavy (non-hydrogen) atoms. The van der Waals surface area contributed by atoms with Gasteiger partial charge in [-0.05, 0) is 38.0 Å². The van der Waals surface area contributed by atoms with Crippen LogP contribution in [0.4, 0.5) is 0 Å². The Kier molecular flexibility index (Phi) is 4.43. The summed E-state index contributed by atoms with van der Waals surface area (Å²) in [5, 5.41) is 0.